The second kappa shape index (κ2) is 8.50. The molecule has 6 heteroatoms. The number of carbonyl (C=O) groups excluding carboxylic acids is 1. The Bertz CT molecular complexity index is 540. The van der Waals surface area contributed by atoms with Crippen LogP contribution >= 0.6 is 0 Å². The fraction of sp³-hybridized carbons (Fsp3) is 0.737. The van der Waals surface area contributed by atoms with E-state index in [1.54, 1.807) is 18.6 Å². The van der Waals surface area contributed by atoms with Gasteiger partial charge in [0.1, 0.15) is 6.10 Å². The van der Waals surface area contributed by atoms with Crippen LogP contribution in [-0.2, 0) is 0 Å². The van der Waals surface area contributed by atoms with E-state index in [0.717, 1.165) is 32.2 Å². The van der Waals surface area contributed by atoms with Crippen LogP contribution in [0.25, 0.3) is 0 Å². The predicted molar refractivity (Wildman–Crippen MR) is 96.4 cm³/mol. The van der Waals surface area contributed by atoms with Crippen molar-refractivity contribution in [3.8, 4) is 5.88 Å². The molecule has 0 bridgehead atoms. The van der Waals surface area contributed by atoms with Gasteiger partial charge in [0.05, 0.1) is 6.20 Å². The van der Waals surface area contributed by atoms with Gasteiger partial charge in [0.2, 0.25) is 5.88 Å². The smallest absolute Gasteiger partial charge is 0.317 e. The molecule has 2 amide bonds. The van der Waals surface area contributed by atoms with Crippen LogP contribution in [0, 0.1) is 5.92 Å². The fourth-order valence-corrected chi connectivity index (χ4v) is 3.58. The van der Waals surface area contributed by atoms with E-state index >= 15 is 0 Å². The first-order chi connectivity index (χ1) is 12.1. The molecule has 0 saturated heterocycles. The van der Waals surface area contributed by atoms with Gasteiger partial charge in [-0.15, -0.1) is 0 Å². The zero-order valence-corrected chi connectivity index (χ0v) is 15.4. The molecule has 2 fully saturated rings. The monoisotopic (exact) mass is 346 g/mol. The lowest BCUT2D eigenvalue weighted by molar-refractivity contribution is 0.122. The number of nitrogens with zero attached hydrogens (tertiary/aromatic N) is 3. The largest absolute Gasteiger partial charge is 0.473 e. The maximum atomic E-state index is 12.7. The van der Waals surface area contributed by atoms with Crippen LogP contribution in [0.4, 0.5) is 4.79 Å². The van der Waals surface area contributed by atoms with E-state index in [2.05, 4.69) is 29.1 Å². The van der Waals surface area contributed by atoms with E-state index in [1.807, 2.05) is 4.90 Å². The molecule has 1 heterocycles. The third kappa shape index (κ3) is 5.06. The number of rotatable bonds is 6. The Kier molecular flexibility index (Phi) is 6.10. The lowest BCUT2D eigenvalue weighted by atomic mass is 9.85. The van der Waals surface area contributed by atoms with E-state index in [4.69, 9.17) is 4.74 Å². The number of ether oxygens (including phenoxy) is 1. The molecule has 3 rings (SSSR count). The normalized spacial score (nSPS) is 23.8. The van der Waals surface area contributed by atoms with Crippen molar-refractivity contribution < 1.29 is 9.53 Å². The highest BCUT2D eigenvalue weighted by Gasteiger charge is 2.28. The molecule has 0 aromatic carbocycles. The highest BCUT2D eigenvalue weighted by molar-refractivity contribution is 5.74. The van der Waals surface area contributed by atoms with Gasteiger partial charge in [-0.1, -0.05) is 6.42 Å². The molecule has 138 valence electrons. The molecule has 0 unspecified atom stereocenters. The molecular weight excluding hydrogens is 316 g/mol. The Balaban J connectivity index is 1.43. The molecule has 2 saturated carbocycles. The summed E-state index contributed by atoms with van der Waals surface area (Å²) in [6, 6.07) is 0.592. The third-order valence-electron chi connectivity index (χ3n) is 5.39. The van der Waals surface area contributed by atoms with Crippen LogP contribution in [-0.4, -0.2) is 45.6 Å². The zero-order valence-electron chi connectivity index (χ0n) is 15.4. The number of nitrogens with one attached hydrogen (secondary N) is 1. The quantitative estimate of drug-likeness (QED) is 0.857. The van der Waals surface area contributed by atoms with Crippen molar-refractivity contribution in [1.29, 1.82) is 0 Å². The summed E-state index contributed by atoms with van der Waals surface area (Å²) < 4.78 is 5.87. The van der Waals surface area contributed by atoms with E-state index in [9.17, 15) is 4.79 Å². The summed E-state index contributed by atoms with van der Waals surface area (Å²) in [5.74, 6) is 1.28. The number of aromatic nitrogens is 2. The van der Waals surface area contributed by atoms with Gasteiger partial charge in [0, 0.05) is 31.0 Å². The summed E-state index contributed by atoms with van der Waals surface area (Å²) in [6.45, 7) is 5.10. The molecule has 2 aliphatic rings. The Morgan fingerprint density at radius 2 is 2.00 bits per heavy atom. The van der Waals surface area contributed by atoms with Crippen LogP contribution in [0.5, 0.6) is 5.88 Å². The topological polar surface area (TPSA) is 67.4 Å². The van der Waals surface area contributed by atoms with Crippen molar-refractivity contribution in [2.45, 2.75) is 77.0 Å². The van der Waals surface area contributed by atoms with Gasteiger partial charge < -0.3 is 15.0 Å². The Morgan fingerprint density at radius 1 is 1.24 bits per heavy atom. The highest BCUT2D eigenvalue weighted by atomic mass is 16.5. The summed E-state index contributed by atoms with van der Waals surface area (Å²) in [6.07, 6.45) is 12.7. The predicted octanol–water partition coefficient (Wildman–Crippen LogP) is 3.39. The summed E-state index contributed by atoms with van der Waals surface area (Å²) in [5, 5.41) is 3.24. The molecule has 2 aliphatic carbocycles. The van der Waals surface area contributed by atoms with Crippen molar-refractivity contribution >= 4 is 6.03 Å². The minimum atomic E-state index is 0.0974. The highest BCUT2D eigenvalue weighted by Crippen LogP contribution is 2.28. The zero-order chi connectivity index (χ0) is 17.6. The van der Waals surface area contributed by atoms with E-state index in [1.165, 1.54) is 19.3 Å². The molecule has 0 atom stereocenters. The van der Waals surface area contributed by atoms with Crippen LogP contribution in [0.3, 0.4) is 0 Å². The van der Waals surface area contributed by atoms with Gasteiger partial charge in [-0.3, -0.25) is 4.98 Å². The molecule has 1 aromatic rings. The molecule has 25 heavy (non-hydrogen) atoms. The second-order valence-corrected chi connectivity index (χ2v) is 7.63. The lowest BCUT2D eigenvalue weighted by Gasteiger charge is -2.36. The van der Waals surface area contributed by atoms with Gasteiger partial charge in [-0.05, 0) is 58.3 Å². The number of hydrogen-bond acceptors (Lipinski definition) is 4. The molecule has 0 radical (unpaired) electrons. The van der Waals surface area contributed by atoms with Gasteiger partial charge in [-0.25, -0.2) is 9.78 Å². The van der Waals surface area contributed by atoms with Crippen molar-refractivity contribution in [1.82, 2.24) is 20.2 Å². The van der Waals surface area contributed by atoms with E-state index in [-0.39, 0.29) is 24.2 Å². The molecular formula is C19H30N4O2. The molecule has 1 aromatic heterocycles. The SMILES string of the molecule is CC(C)N(CC1CCC1)C(=O)NC1CCC(Oc2cnccn2)CC1. The Hall–Kier alpha value is -1.85. The summed E-state index contributed by atoms with van der Waals surface area (Å²) in [5.41, 5.74) is 0. The fourth-order valence-electron chi connectivity index (χ4n) is 3.58. The second-order valence-electron chi connectivity index (χ2n) is 7.63. The van der Waals surface area contributed by atoms with Crippen LogP contribution in [0.1, 0.15) is 58.8 Å². The summed E-state index contributed by atoms with van der Waals surface area (Å²) in [7, 11) is 0. The summed E-state index contributed by atoms with van der Waals surface area (Å²) >= 11 is 0. The van der Waals surface area contributed by atoms with Crippen molar-refractivity contribution in [3.05, 3.63) is 18.6 Å². The first-order valence-corrected chi connectivity index (χ1v) is 9.61. The lowest BCUT2D eigenvalue weighted by Crippen LogP contribution is -2.51. The average molecular weight is 346 g/mol. The maximum Gasteiger partial charge on any atom is 0.317 e. The first kappa shape index (κ1) is 18.0. The average Bonchev–Trinajstić information content (AvgIpc) is 2.56. The minimum Gasteiger partial charge on any atom is -0.473 e. The molecule has 1 N–H and O–H groups in total. The third-order valence-corrected chi connectivity index (χ3v) is 5.39. The number of carbonyl (C=O) groups is 1. The number of urea groups is 1. The van der Waals surface area contributed by atoms with Crippen molar-refractivity contribution in [2.24, 2.45) is 5.92 Å². The number of hydrogen-bond donors (Lipinski definition) is 1. The van der Waals surface area contributed by atoms with Gasteiger partial charge >= 0.3 is 6.03 Å². The van der Waals surface area contributed by atoms with E-state index in [0.29, 0.717) is 11.8 Å². The van der Waals surface area contributed by atoms with Crippen molar-refractivity contribution in [2.75, 3.05) is 6.54 Å². The number of amides is 2. The van der Waals surface area contributed by atoms with Gasteiger partial charge in [0.25, 0.3) is 0 Å². The van der Waals surface area contributed by atoms with E-state index < -0.39 is 0 Å². The minimum absolute atomic E-state index is 0.0974. The first-order valence-electron chi connectivity index (χ1n) is 9.61. The standard InChI is InChI=1S/C19H30N4O2/c1-14(2)23(13-15-4-3-5-15)19(24)22-16-6-8-17(9-7-16)25-18-12-20-10-11-21-18/h10-12,14-17H,3-9,13H2,1-2H3,(H,22,24). The van der Waals surface area contributed by atoms with Gasteiger partial charge in [-0.2, -0.15) is 0 Å². The molecule has 6 nitrogen and oxygen atoms in total. The van der Waals surface area contributed by atoms with Gasteiger partial charge in [0.15, 0.2) is 0 Å². The maximum absolute atomic E-state index is 12.7. The van der Waals surface area contributed by atoms with Crippen molar-refractivity contribution in [3.63, 3.8) is 0 Å². The summed E-state index contributed by atoms with van der Waals surface area (Å²) in [4.78, 5) is 22.9. The van der Waals surface area contributed by atoms with Crippen LogP contribution in [0.2, 0.25) is 0 Å². The van der Waals surface area contributed by atoms with Crippen LogP contribution in [0.15, 0.2) is 18.6 Å². The Labute approximate surface area is 150 Å². The van der Waals surface area contributed by atoms with Crippen LogP contribution < -0.4 is 10.1 Å². The Morgan fingerprint density at radius 3 is 2.56 bits per heavy atom. The molecule has 0 aliphatic heterocycles. The molecule has 0 spiro atoms.